The molecule has 0 aliphatic rings. The molecule has 5 heteroatoms. The number of nitriles is 1. The molecular weight excluding hydrogens is 248 g/mol. The van der Waals surface area contributed by atoms with Gasteiger partial charge in [0.2, 0.25) is 0 Å². The van der Waals surface area contributed by atoms with Crippen LogP contribution in [0.3, 0.4) is 0 Å². The highest BCUT2D eigenvalue weighted by atomic mass is 35.5. The van der Waals surface area contributed by atoms with E-state index < -0.39 is 0 Å². The monoisotopic (exact) mass is 258 g/mol. The fraction of sp³-hybridized carbons (Fsp3) is 0.154. The summed E-state index contributed by atoms with van der Waals surface area (Å²) in [6.07, 6.45) is 1.43. The van der Waals surface area contributed by atoms with Gasteiger partial charge in [0, 0.05) is 12.1 Å². The van der Waals surface area contributed by atoms with Crippen molar-refractivity contribution in [3.63, 3.8) is 0 Å². The molecule has 0 aliphatic heterocycles. The first kappa shape index (κ1) is 12.3. The molecule has 0 atom stereocenters. The first-order valence-electron chi connectivity index (χ1n) is 5.40. The zero-order chi connectivity index (χ0) is 13.0. The average molecular weight is 259 g/mol. The Kier molecular flexibility index (Phi) is 3.75. The van der Waals surface area contributed by atoms with Gasteiger partial charge in [-0.2, -0.15) is 5.26 Å². The molecule has 90 valence electrons. The number of halogens is 1. The number of hydrogen-bond donors (Lipinski definition) is 1. The molecule has 0 fully saturated rings. The van der Waals surface area contributed by atoms with E-state index in [0.29, 0.717) is 17.3 Å². The van der Waals surface area contributed by atoms with Gasteiger partial charge in [-0.3, -0.25) is 0 Å². The Morgan fingerprint density at radius 3 is 2.67 bits per heavy atom. The van der Waals surface area contributed by atoms with Gasteiger partial charge in [0.15, 0.2) is 0 Å². The van der Waals surface area contributed by atoms with Gasteiger partial charge in [-0.1, -0.05) is 23.7 Å². The Balaban J connectivity index is 2.07. The summed E-state index contributed by atoms with van der Waals surface area (Å²) in [5, 5.41) is 12.3. The number of anilines is 1. The minimum Gasteiger partial charge on any atom is -0.366 e. The molecule has 2 aromatic rings. The molecule has 1 heterocycles. The molecule has 1 aromatic heterocycles. The second-order valence-corrected chi connectivity index (χ2v) is 4.16. The van der Waals surface area contributed by atoms with Crippen molar-refractivity contribution in [2.75, 3.05) is 5.32 Å². The van der Waals surface area contributed by atoms with Crippen LogP contribution in [0, 0.1) is 18.3 Å². The summed E-state index contributed by atoms with van der Waals surface area (Å²) in [7, 11) is 0. The molecule has 1 aromatic carbocycles. The lowest BCUT2D eigenvalue weighted by atomic mass is 10.1. The van der Waals surface area contributed by atoms with Gasteiger partial charge in [0.1, 0.15) is 17.3 Å². The summed E-state index contributed by atoms with van der Waals surface area (Å²) in [6.45, 7) is 2.49. The normalized spacial score (nSPS) is 9.83. The highest BCUT2D eigenvalue weighted by Gasteiger charge is 2.04. The van der Waals surface area contributed by atoms with Crippen molar-refractivity contribution in [1.82, 2.24) is 9.97 Å². The molecule has 0 radical (unpaired) electrons. The number of aromatic nitrogens is 2. The zero-order valence-electron chi connectivity index (χ0n) is 9.81. The third-order valence-electron chi connectivity index (χ3n) is 2.57. The SMILES string of the molecule is Cc1c(Cl)ncnc1NCc1ccc(C#N)cc1. The van der Waals surface area contributed by atoms with E-state index in [1.807, 2.05) is 19.1 Å². The minimum atomic E-state index is 0.451. The standard InChI is InChI=1S/C13H11ClN4/c1-9-12(14)17-8-18-13(9)16-7-11-4-2-10(6-15)3-5-11/h2-5,8H,7H2,1H3,(H,16,17,18). The number of hydrogen-bond acceptors (Lipinski definition) is 4. The lowest BCUT2D eigenvalue weighted by Crippen LogP contribution is -2.04. The van der Waals surface area contributed by atoms with Crippen LogP contribution < -0.4 is 5.32 Å². The molecule has 0 bridgehead atoms. The molecule has 18 heavy (non-hydrogen) atoms. The van der Waals surface area contributed by atoms with E-state index in [-0.39, 0.29) is 0 Å². The van der Waals surface area contributed by atoms with Crippen molar-refractivity contribution < 1.29 is 0 Å². The summed E-state index contributed by atoms with van der Waals surface area (Å²) in [5.41, 5.74) is 2.55. The Hall–Kier alpha value is -2.12. The van der Waals surface area contributed by atoms with E-state index in [2.05, 4.69) is 21.4 Å². The van der Waals surface area contributed by atoms with Crippen LogP contribution in [0.1, 0.15) is 16.7 Å². The van der Waals surface area contributed by atoms with Crippen molar-refractivity contribution in [1.29, 1.82) is 5.26 Å². The maximum absolute atomic E-state index is 8.71. The Morgan fingerprint density at radius 1 is 1.28 bits per heavy atom. The molecule has 2 rings (SSSR count). The molecule has 0 amide bonds. The van der Waals surface area contributed by atoms with E-state index in [0.717, 1.165) is 16.9 Å². The molecule has 0 saturated carbocycles. The van der Waals surface area contributed by atoms with Crippen LogP contribution in [0.15, 0.2) is 30.6 Å². The predicted octanol–water partition coefficient (Wildman–Crippen LogP) is 2.92. The first-order valence-corrected chi connectivity index (χ1v) is 5.78. The van der Waals surface area contributed by atoms with Crippen LogP contribution in [0.5, 0.6) is 0 Å². The second-order valence-electron chi connectivity index (χ2n) is 3.80. The lowest BCUT2D eigenvalue weighted by Gasteiger charge is -2.08. The predicted molar refractivity (Wildman–Crippen MR) is 70.3 cm³/mol. The maximum atomic E-state index is 8.71. The fourth-order valence-electron chi connectivity index (χ4n) is 1.49. The molecule has 0 unspecified atom stereocenters. The molecule has 0 aliphatic carbocycles. The van der Waals surface area contributed by atoms with Crippen LogP contribution in [0.2, 0.25) is 5.15 Å². The minimum absolute atomic E-state index is 0.451. The summed E-state index contributed by atoms with van der Waals surface area (Å²) in [5.74, 6) is 0.722. The first-order chi connectivity index (χ1) is 8.70. The van der Waals surface area contributed by atoms with Gasteiger partial charge in [-0.05, 0) is 24.6 Å². The van der Waals surface area contributed by atoms with Gasteiger partial charge in [-0.25, -0.2) is 9.97 Å². The van der Waals surface area contributed by atoms with Gasteiger partial charge in [-0.15, -0.1) is 0 Å². The smallest absolute Gasteiger partial charge is 0.137 e. The summed E-state index contributed by atoms with van der Waals surface area (Å²) >= 11 is 5.91. The number of nitrogens with zero attached hydrogens (tertiary/aromatic N) is 3. The maximum Gasteiger partial charge on any atom is 0.137 e. The molecule has 4 nitrogen and oxygen atoms in total. The number of benzene rings is 1. The second kappa shape index (κ2) is 5.48. The highest BCUT2D eigenvalue weighted by molar-refractivity contribution is 6.30. The van der Waals surface area contributed by atoms with Crippen molar-refractivity contribution in [3.8, 4) is 6.07 Å². The fourth-order valence-corrected chi connectivity index (χ4v) is 1.62. The van der Waals surface area contributed by atoms with Crippen LogP contribution in [-0.4, -0.2) is 9.97 Å². The van der Waals surface area contributed by atoms with Crippen molar-refractivity contribution in [2.24, 2.45) is 0 Å². The van der Waals surface area contributed by atoms with Crippen molar-refractivity contribution in [2.45, 2.75) is 13.5 Å². The van der Waals surface area contributed by atoms with E-state index in [4.69, 9.17) is 16.9 Å². The quantitative estimate of drug-likeness (QED) is 0.860. The van der Waals surface area contributed by atoms with Crippen LogP contribution >= 0.6 is 11.6 Å². The highest BCUT2D eigenvalue weighted by Crippen LogP contribution is 2.18. The number of rotatable bonds is 3. The molecule has 0 saturated heterocycles. The van der Waals surface area contributed by atoms with Crippen molar-refractivity contribution >= 4 is 17.4 Å². The van der Waals surface area contributed by atoms with Crippen LogP contribution in [0.25, 0.3) is 0 Å². The Morgan fingerprint density at radius 2 is 2.00 bits per heavy atom. The number of nitrogens with one attached hydrogen (secondary N) is 1. The zero-order valence-corrected chi connectivity index (χ0v) is 10.6. The third-order valence-corrected chi connectivity index (χ3v) is 2.95. The van der Waals surface area contributed by atoms with Crippen LogP contribution in [-0.2, 0) is 6.54 Å². The van der Waals surface area contributed by atoms with Gasteiger partial charge < -0.3 is 5.32 Å². The summed E-state index contributed by atoms with van der Waals surface area (Å²) in [4.78, 5) is 8.02. The topological polar surface area (TPSA) is 61.6 Å². The van der Waals surface area contributed by atoms with Gasteiger partial charge in [0.25, 0.3) is 0 Å². The molecular formula is C13H11ClN4. The van der Waals surface area contributed by atoms with Gasteiger partial charge in [0.05, 0.1) is 11.6 Å². The average Bonchev–Trinajstić information content (AvgIpc) is 2.41. The van der Waals surface area contributed by atoms with E-state index in [9.17, 15) is 0 Å². The molecule has 1 N–H and O–H groups in total. The third kappa shape index (κ3) is 2.76. The molecule has 0 spiro atoms. The summed E-state index contributed by atoms with van der Waals surface area (Å²) in [6, 6.07) is 9.48. The van der Waals surface area contributed by atoms with E-state index in [1.165, 1.54) is 6.33 Å². The van der Waals surface area contributed by atoms with Gasteiger partial charge >= 0.3 is 0 Å². The van der Waals surface area contributed by atoms with Crippen molar-refractivity contribution in [3.05, 3.63) is 52.4 Å². The lowest BCUT2D eigenvalue weighted by molar-refractivity contribution is 1.06. The van der Waals surface area contributed by atoms with E-state index >= 15 is 0 Å². The largest absolute Gasteiger partial charge is 0.366 e. The Labute approximate surface area is 110 Å². The summed E-state index contributed by atoms with van der Waals surface area (Å²) < 4.78 is 0. The Bertz CT molecular complexity index is 587. The van der Waals surface area contributed by atoms with Crippen LogP contribution in [0.4, 0.5) is 5.82 Å². The van der Waals surface area contributed by atoms with E-state index in [1.54, 1.807) is 12.1 Å².